The predicted octanol–water partition coefficient (Wildman–Crippen LogP) is 2.84. The zero-order chi connectivity index (χ0) is 31.9. The highest BCUT2D eigenvalue weighted by molar-refractivity contribution is 7.52. The minimum atomic E-state index is -4.36. The van der Waals surface area contributed by atoms with E-state index in [2.05, 4.69) is 15.2 Å². The summed E-state index contributed by atoms with van der Waals surface area (Å²) >= 11 is 0. The predicted molar refractivity (Wildman–Crippen MR) is 157 cm³/mol. The number of nitrogens with one attached hydrogen (secondary N) is 1. The van der Waals surface area contributed by atoms with Gasteiger partial charge in [0.25, 0.3) is 0 Å². The maximum atomic E-state index is 14.2. The van der Waals surface area contributed by atoms with Crippen LogP contribution in [0.4, 0.5) is 5.82 Å². The van der Waals surface area contributed by atoms with Crippen LogP contribution in [0.5, 0.6) is 5.75 Å². The molecule has 5 N–H and O–H groups in total. The van der Waals surface area contributed by atoms with Crippen molar-refractivity contribution < 1.29 is 38.1 Å². The van der Waals surface area contributed by atoms with Crippen LogP contribution < -0.4 is 15.3 Å². The van der Waals surface area contributed by atoms with Gasteiger partial charge in [0.05, 0.1) is 5.69 Å². The van der Waals surface area contributed by atoms with Gasteiger partial charge in [-0.1, -0.05) is 32.0 Å². The van der Waals surface area contributed by atoms with Crippen molar-refractivity contribution in [2.75, 3.05) is 5.73 Å². The molecular formula is C29H37N6O8P. The number of nitrogens with zero attached hydrogens (tertiary/aromatic N) is 4. The molecule has 0 radical (unpaired) electrons. The zero-order valence-electron chi connectivity index (χ0n) is 24.9. The van der Waals surface area contributed by atoms with Crippen molar-refractivity contribution in [1.29, 1.82) is 5.26 Å². The molecule has 15 heteroatoms. The number of nitrogens with two attached hydrogens (primary N) is 1. The third-order valence-electron chi connectivity index (χ3n) is 8.44. The number of hydrogen-bond acceptors (Lipinski definition) is 12. The summed E-state index contributed by atoms with van der Waals surface area (Å²) < 4.78 is 39.0. The van der Waals surface area contributed by atoms with Gasteiger partial charge in [0.2, 0.25) is 5.60 Å². The SMILES string of the molecule is CCC(CC)C(C)OC(=O)[C@H](C)NP(=O)(Oc1ccccc1)O[C@@H]1CC12O[C@@](C#N)(c1ccc3c(N)ncnn13)[C@H](O)[C@@H]2O. The van der Waals surface area contributed by atoms with Crippen LogP contribution in [0.2, 0.25) is 0 Å². The van der Waals surface area contributed by atoms with Crippen molar-refractivity contribution in [3.05, 3.63) is 54.5 Å². The number of aliphatic hydroxyl groups excluding tert-OH is 2. The smallest absolute Gasteiger partial charge is 0.459 e. The van der Waals surface area contributed by atoms with Gasteiger partial charge in [-0.05, 0) is 56.9 Å². The van der Waals surface area contributed by atoms with Crippen LogP contribution in [-0.4, -0.2) is 66.8 Å². The van der Waals surface area contributed by atoms with Crippen molar-refractivity contribution in [3.8, 4) is 11.8 Å². The molecule has 1 saturated carbocycles. The van der Waals surface area contributed by atoms with E-state index in [0.717, 1.165) is 12.8 Å². The maximum absolute atomic E-state index is 14.2. The molecule has 1 saturated heterocycles. The Hall–Kier alpha value is -3.57. The second-order valence-corrected chi connectivity index (χ2v) is 12.9. The van der Waals surface area contributed by atoms with E-state index in [9.17, 15) is 24.8 Å². The van der Waals surface area contributed by atoms with Crippen LogP contribution in [-0.2, 0) is 29.0 Å². The molecule has 0 amide bonds. The second-order valence-electron chi connectivity index (χ2n) is 11.2. The molecule has 1 aliphatic carbocycles. The Balaban J connectivity index is 1.39. The molecule has 44 heavy (non-hydrogen) atoms. The first-order valence-electron chi connectivity index (χ1n) is 14.5. The Labute approximate surface area is 254 Å². The number of aliphatic hydroxyl groups is 2. The third kappa shape index (κ3) is 5.56. The molecule has 2 aliphatic rings. The number of carbonyl (C=O) groups is 1. The van der Waals surface area contributed by atoms with Gasteiger partial charge in [-0.2, -0.15) is 15.4 Å². The van der Waals surface area contributed by atoms with Crippen molar-refractivity contribution in [2.24, 2.45) is 5.92 Å². The summed E-state index contributed by atoms with van der Waals surface area (Å²) in [4.78, 5) is 16.9. The highest BCUT2D eigenvalue weighted by atomic mass is 31.2. The first-order valence-corrected chi connectivity index (χ1v) is 16.1. The number of anilines is 1. The lowest BCUT2D eigenvalue weighted by atomic mass is 9.92. The number of para-hydroxylation sites is 1. The zero-order valence-corrected chi connectivity index (χ0v) is 25.8. The van der Waals surface area contributed by atoms with E-state index >= 15 is 0 Å². The van der Waals surface area contributed by atoms with Crippen LogP contribution in [0, 0.1) is 17.2 Å². The van der Waals surface area contributed by atoms with E-state index in [4.69, 9.17) is 24.3 Å². The van der Waals surface area contributed by atoms with E-state index < -0.39 is 49.3 Å². The van der Waals surface area contributed by atoms with Crippen LogP contribution in [0.25, 0.3) is 5.52 Å². The van der Waals surface area contributed by atoms with Crippen molar-refractivity contribution in [2.45, 2.75) is 88.6 Å². The number of carbonyl (C=O) groups excluding carboxylic acids is 1. The molecule has 3 aromatic rings. The van der Waals surface area contributed by atoms with Crippen LogP contribution in [0.1, 0.15) is 52.7 Å². The molecule has 3 unspecified atom stereocenters. The lowest BCUT2D eigenvalue weighted by molar-refractivity contribution is -0.152. The standard InChI is InChI=1S/C29H37N6O8P/c1-5-19(6-2)18(4)40-27(38)17(3)34-44(39,41-20-10-8-7-9-11-20)42-23-14-28(23)24(36)25(37)29(15-30,43-28)22-13-12-21-26(31)32-16-33-35(21)22/h7-13,16-19,23-25,36-37H,5-6,14H2,1-4H3,(H,34,39)(H2,31,32,33)/t17-,18?,23+,24-,25+,28?,29-,44?/m0/s1. The molecule has 1 aromatic carbocycles. The van der Waals surface area contributed by atoms with E-state index in [1.165, 1.54) is 23.8 Å². The summed E-state index contributed by atoms with van der Waals surface area (Å²) in [6.07, 6.45) is -2.01. The summed E-state index contributed by atoms with van der Waals surface area (Å²) in [5.74, 6) is -0.149. The number of nitrogen functional groups attached to an aromatic ring is 1. The Morgan fingerprint density at radius 3 is 2.59 bits per heavy atom. The number of aromatic nitrogens is 3. The van der Waals surface area contributed by atoms with E-state index in [0.29, 0.717) is 5.52 Å². The molecular weight excluding hydrogens is 591 g/mol. The fraction of sp³-hybridized carbons (Fsp3) is 0.517. The molecule has 236 valence electrons. The Bertz CT molecular complexity index is 1600. The van der Waals surface area contributed by atoms with Gasteiger partial charge in [0.15, 0.2) is 5.82 Å². The first-order chi connectivity index (χ1) is 20.9. The number of benzene rings is 1. The first kappa shape index (κ1) is 31.8. The summed E-state index contributed by atoms with van der Waals surface area (Å²) in [6, 6.07) is 12.2. The van der Waals surface area contributed by atoms with E-state index in [-0.39, 0.29) is 35.7 Å². The second kappa shape index (κ2) is 12.1. The monoisotopic (exact) mass is 628 g/mol. The van der Waals surface area contributed by atoms with Crippen molar-refractivity contribution >= 4 is 25.1 Å². The van der Waals surface area contributed by atoms with E-state index in [1.807, 2.05) is 26.8 Å². The highest BCUT2D eigenvalue weighted by Gasteiger charge is 2.76. The molecule has 2 fully saturated rings. The minimum Gasteiger partial charge on any atom is -0.461 e. The average Bonchev–Trinajstić information content (AvgIpc) is 3.37. The summed E-state index contributed by atoms with van der Waals surface area (Å²) in [5, 5.41) is 39.5. The van der Waals surface area contributed by atoms with Gasteiger partial charge >= 0.3 is 13.7 Å². The van der Waals surface area contributed by atoms with Crippen molar-refractivity contribution in [1.82, 2.24) is 19.7 Å². The largest absolute Gasteiger partial charge is 0.461 e. The topological polar surface area (TPSA) is 204 Å². The molecule has 14 nitrogen and oxygen atoms in total. The van der Waals surface area contributed by atoms with Gasteiger partial charge in [-0.15, -0.1) is 0 Å². The summed E-state index contributed by atoms with van der Waals surface area (Å²) in [7, 11) is -4.36. The number of esters is 1. The average molecular weight is 629 g/mol. The maximum Gasteiger partial charge on any atom is 0.459 e. The quantitative estimate of drug-likeness (QED) is 0.168. The molecule has 8 atom stereocenters. The summed E-state index contributed by atoms with van der Waals surface area (Å²) in [6.45, 7) is 7.32. The van der Waals surface area contributed by atoms with E-state index in [1.54, 1.807) is 36.4 Å². The molecule has 5 rings (SSSR count). The number of ether oxygens (including phenoxy) is 2. The number of fused-ring (bicyclic) bond motifs is 1. The number of hydrogen-bond donors (Lipinski definition) is 4. The van der Waals surface area contributed by atoms with Crippen LogP contribution in [0.15, 0.2) is 48.8 Å². The van der Waals surface area contributed by atoms with Crippen LogP contribution in [0.3, 0.4) is 0 Å². The molecule has 0 bridgehead atoms. The van der Waals surface area contributed by atoms with Gasteiger partial charge < -0.3 is 29.9 Å². The van der Waals surface area contributed by atoms with Gasteiger partial charge in [-0.25, -0.2) is 14.1 Å². The van der Waals surface area contributed by atoms with Gasteiger partial charge in [0, 0.05) is 6.42 Å². The number of nitriles is 1. The van der Waals surface area contributed by atoms with Crippen molar-refractivity contribution in [3.63, 3.8) is 0 Å². The van der Waals surface area contributed by atoms with Gasteiger partial charge in [0.1, 0.15) is 59.7 Å². The van der Waals surface area contributed by atoms with Crippen LogP contribution >= 0.6 is 7.75 Å². The normalized spacial score (nSPS) is 28.8. The lowest BCUT2D eigenvalue weighted by Gasteiger charge is -2.26. The molecule has 3 heterocycles. The number of rotatable bonds is 12. The fourth-order valence-electron chi connectivity index (χ4n) is 5.76. The Morgan fingerprint density at radius 1 is 1.23 bits per heavy atom. The molecule has 1 aliphatic heterocycles. The molecule has 2 aromatic heterocycles. The molecule has 1 spiro atoms. The third-order valence-corrected chi connectivity index (χ3v) is 10.1. The van der Waals surface area contributed by atoms with Gasteiger partial charge in [-0.3, -0.25) is 9.32 Å². The minimum absolute atomic E-state index is 0.0382. The lowest BCUT2D eigenvalue weighted by Crippen LogP contribution is -2.41. The highest BCUT2D eigenvalue weighted by Crippen LogP contribution is 2.62. The summed E-state index contributed by atoms with van der Waals surface area (Å²) in [5.41, 5.74) is 2.72. The Kier molecular flexibility index (Phi) is 8.74. The Morgan fingerprint density at radius 2 is 1.93 bits per heavy atom. The fourth-order valence-corrected chi connectivity index (χ4v) is 7.48.